The van der Waals surface area contributed by atoms with Crippen molar-refractivity contribution in [3.05, 3.63) is 30.3 Å². The molecule has 0 aliphatic rings. The Morgan fingerprint density at radius 1 is 1.00 bits per heavy atom. The van der Waals surface area contributed by atoms with Crippen molar-refractivity contribution >= 4 is 29.9 Å². The molecule has 0 radical (unpaired) electrons. The largest absolute Gasteiger partial charge is 0.492 e. The molecule has 0 fully saturated rings. The number of para-hydroxylation sites is 1. The van der Waals surface area contributed by atoms with Crippen LogP contribution in [-0.4, -0.2) is 59.1 Å². The van der Waals surface area contributed by atoms with E-state index in [2.05, 4.69) is 22.5 Å². The van der Waals surface area contributed by atoms with Gasteiger partial charge in [-0.3, -0.25) is 4.99 Å². The van der Waals surface area contributed by atoms with Gasteiger partial charge in [0.2, 0.25) is 0 Å². The van der Waals surface area contributed by atoms with Crippen molar-refractivity contribution in [2.75, 3.05) is 53.2 Å². The Balaban J connectivity index is 0.00000576. The van der Waals surface area contributed by atoms with E-state index in [0.29, 0.717) is 26.4 Å². The zero-order valence-corrected chi connectivity index (χ0v) is 17.7. The minimum atomic E-state index is 0. The number of hydrogen-bond acceptors (Lipinski definition) is 4. The van der Waals surface area contributed by atoms with Crippen LogP contribution in [0.2, 0.25) is 0 Å². The summed E-state index contributed by atoms with van der Waals surface area (Å²) < 4.78 is 16.0. The van der Waals surface area contributed by atoms with Crippen LogP contribution in [0.4, 0.5) is 0 Å². The molecule has 0 saturated heterocycles. The van der Waals surface area contributed by atoms with Gasteiger partial charge in [-0.1, -0.05) is 18.2 Å². The van der Waals surface area contributed by atoms with Crippen LogP contribution in [-0.2, 0) is 9.47 Å². The molecule has 1 aromatic carbocycles. The molecule has 0 aromatic heterocycles. The maximum atomic E-state index is 5.65. The van der Waals surface area contributed by atoms with Gasteiger partial charge >= 0.3 is 0 Å². The molecule has 0 amide bonds. The standard InChI is InChI=1S/C18H31N3O3.HI/c1-3-19-18(20-11-7-8-13-23-16-15-22-2)21-12-14-24-17-9-5-4-6-10-17;/h4-6,9-10H,3,7-8,11-16H2,1-2H3,(H2,19,20,21);1H. The fourth-order valence-electron chi connectivity index (χ4n) is 1.95. The smallest absolute Gasteiger partial charge is 0.191 e. The molecule has 0 aliphatic heterocycles. The molecule has 0 aliphatic carbocycles. The number of nitrogens with one attached hydrogen (secondary N) is 2. The van der Waals surface area contributed by atoms with Crippen LogP contribution in [0, 0.1) is 0 Å². The summed E-state index contributed by atoms with van der Waals surface area (Å²) in [6, 6.07) is 9.81. The molecule has 6 nitrogen and oxygen atoms in total. The first-order chi connectivity index (χ1) is 11.9. The van der Waals surface area contributed by atoms with Crippen LogP contribution in [0.1, 0.15) is 19.8 Å². The Bertz CT molecular complexity index is 433. The van der Waals surface area contributed by atoms with E-state index in [0.717, 1.165) is 44.2 Å². The minimum absolute atomic E-state index is 0. The number of nitrogens with zero attached hydrogens (tertiary/aromatic N) is 1. The fraction of sp³-hybridized carbons (Fsp3) is 0.611. The quantitative estimate of drug-likeness (QED) is 0.203. The Morgan fingerprint density at radius 2 is 1.80 bits per heavy atom. The van der Waals surface area contributed by atoms with Crippen LogP contribution in [0.25, 0.3) is 0 Å². The Labute approximate surface area is 168 Å². The number of hydrogen-bond donors (Lipinski definition) is 2. The number of guanidine groups is 1. The molecular weight excluding hydrogens is 433 g/mol. The first-order valence-electron chi connectivity index (χ1n) is 8.63. The molecule has 0 bridgehead atoms. The molecule has 0 saturated carbocycles. The summed E-state index contributed by atoms with van der Waals surface area (Å²) in [4.78, 5) is 4.55. The molecule has 25 heavy (non-hydrogen) atoms. The number of ether oxygens (including phenoxy) is 3. The van der Waals surface area contributed by atoms with Gasteiger partial charge in [-0.25, -0.2) is 0 Å². The Kier molecular flexibility index (Phi) is 17.0. The van der Waals surface area contributed by atoms with Crippen LogP contribution in [0.5, 0.6) is 5.75 Å². The van der Waals surface area contributed by atoms with Crippen LogP contribution >= 0.6 is 24.0 Å². The number of unbranched alkanes of at least 4 members (excludes halogenated alkanes) is 1. The van der Waals surface area contributed by atoms with Crippen molar-refractivity contribution in [1.82, 2.24) is 10.6 Å². The van der Waals surface area contributed by atoms with Gasteiger partial charge in [0.1, 0.15) is 12.4 Å². The first-order valence-corrected chi connectivity index (χ1v) is 8.63. The van der Waals surface area contributed by atoms with Crippen molar-refractivity contribution in [3.63, 3.8) is 0 Å². The third-order valence-electron chi connectivity index (χ3n) is 3.15. The lowest BCUT2D eigenvalue weighted by Crippen LogP contribution is -2.39. The Hall–Kier alpha value is -1.06. The summed E-state index contributed by atoms with van der Waals surface area (Å²) in [7, 11) is 1.68. The topological polar surface area (TPSA) is 64.1 Å². The molecule has 0 heterocycles. The van der Waals surface area contributed by atoms with Crippen molar-refractivity contribution in [2.45, 2.75) is 19.8 Å². The minimum Gasteiger partial charge on any atom is -0.492 e. The summed E-state index contributed by atoms with van der Waals surface area (Å²) in [6.45, 7) is 7.05. The van der Waals surface area contributed by atoms with Crippen molar-refractivity contribution in [2.24, 2.45) is 4.99 Å². The van der Waals surface area contributed by atoms with Crippen molar-refractivity contribution in [1.29, 1.82) is 0 Å². The number of halogens is 1. The number of methoxy groups -OCH3 is 1. The third kappa shape index (κ3) is 13.9. The highest BCUT2D eigenvalue weighted by atomic mass is 127. The normalized spacial score (nSPS) is 10.9. The van der Waals surface area contributed by atoms with Crippen molar-refractivity contribution in [3.8, 4) is 5.75 Å². The second-order valence-corrected chi connectivity index (χ2v) is 5.16. The highest BCUT2D eigenvalue weighted by molar-refractivity contribution is 14.0. The van der Waals surface area contributed by atoms with E-state index in [9.17, 15) is 0 Å². The maximum Gasteiger partial charge on any atom is 0.191 e. The molecular formula is C18H32IN3O3. The van der Waals surface area contributed by atoms with E-state index in [1.54, 1.807) is 7.11 Å². The second-order valence-electron chi connectivity index (χ2n) is 5.16. The van der Waals surface area contributed by atoms with Gasteiger partial charge in [0.25, 0.3) is 0 Å². The summed E-state index contributed by atoms with van der Waals surface area (Å²) >= 11 is 0. The lowest BCUT2D eigenvalue weighted by atomic mass is 10.3. The average Bonchev–Trinajstić information content (AvgIpc) is 2.61. The number of rotatable bonds is 13. The number of benzene rings is 1. The summed E-state index contributed by atoms with van der Waals surface area (Å²) in [5.74, 6) is 1.71. The zero-order chi connectivity index (χ0) is 17.3. The molecule has 0 atom stereocenters. The van der Waals surface area contributed by atoms with E-state index in [1.165, 1.54) is 0 Å². The molecule has 1 aromatic rings. The number of aliphatic imine (C=N–C) groups is 1. The lowest BCUT2D eigenvalue weighted by Gasteiger charge is -2.12. The van der Waals surface area contributed by atoms with E-state index >= 15 is 0 Å². The zero-order valence-electron chi connectivity index (χ0n) is 15.3. The van der Waals surface area contributed by atoms with E-state index in [1.807, 2.05) is 30.3 Å². The Morgan fingerprint density at radius 3 is 2.52 bits per heavy atom. The maximum absolute atomic E-state index is 5.65. The summed E-state index contributed by atoms with van der Waals surface area (Å²) in [5, 5.41) is 6.51. The van der Waals surface area contributed by atoms with Crippen molar-refractivity contribution < 1.29 is 14.2 Å². The van der Waals surface area contributed by atoms with Gasteiger partial charge in [-0.05, 0) is 31.9 Å². The van der Waals surface area contributed by atoms with E-state index in [-0.39, 0.29) is 24.0 Å². The summed E-state index contributed by atoms with van der Waals surface area (Å²) in [6.07, 6.45) is 2.01. The van der Waals surface area contributed by atoms with Gasteiger partial charge in [0.05, 0.1) is 19.8 Å². The van der Waals surface area contributed by atoms with Gasteiger partial charge < -0.3 is 24.8 Å². The molecule has 0 unspecified atom stereocenters. The van der Waals surface area contributed by atoms with Crippen LogP contribution in [0.15, 0.2) is 35.3 Å². The third-order valence-corrected chi connectivity index (χ3v) is 3.15. The van der Waals surface area contributed by atoms with Crippen LogP contribution < -0.4 is 15.4 Å². The molecule has 1 rings (SSSR count). The molecule has 144 valence electrons. The molecule has 7 heteroatoms. The fourth-order valence-corrected chi connectivity index (χ4v) is 1.95. The van der Waals surface area contributed by atoms with Crippen LogP contribution in [0.3, 0.4) is 0 Å². The van der Waals surface area contributed by atoms with E-state index < -0.39 is 0 Å². The monoisotopic (exact) mass is 465 g/mol. The van der Waals surface area contributed by atoms with E-state index in [4.69, 9.17) is 14.2 Å². The molecule has 0 spiro atoms. The van der Waals surface area contributed by atoms with Gasteiger partial charge in [0, 0.05) is 26.8 Å². The predicted molar refractivity (Wildman–Crippen MR) is 113 cm³/mol. The predicted octanol–water partition coefficient (Wildman–Crippen LogP) is 2.68. The average molecular weight is 465 g/mol. The molecule has 2 N–H and O–H groups in total. The lowest BCUT2D eigenvalue weighted by molar-refractivity contribution is 0.0690. The van der Waals surface area contributed by atoms with Gasteiger partial charge in [0.15, 0.2) is 5.96 Å². The summed E-state index contributed by atoms with van der Waals surface area (Å²) in [5.41, 5.74) is 0. The highest BCUT2D eigenvalue weighted by Gasteiger charge is 1.97. The SMILES string of the molecule is CCNC(=NCCCCOCCOC)NCCOc1ccccc1.I. The first kappa shape index (κ1) is 23.9. The van der Waals surface area contributed by atoms with Gasteiger partial charge in [-0.2, -0.15) is 0 Å². The highest BCUT2D eigenvalue weighted by Crippen LogP contribution is 2.07. The second kappa shape index (κ2) is 17.8. The van der Waals surface area contributed by atoms with Gasteiger partial charge in [-0.15, -0.1) is 24.0 Å².